The molecule has 0 amide bonds. The van der Waals surface area contributed by atoms with Crippen LogP contribution in [-0.4, -0.2) is 28.3 Å². The van der Waals surface area contributed by atoms with Crippen LogP contribution in [0.1, 0.15) is 47.5 Å². The number of methoxy groups -OCH3 is 1. The van der Waals surface area contributed by atoms with Gasteiger partial charge in [0.1, 0.15) is 5.75 Å². The molecule has 7 heteroatoms. The van der Waals surface area contributed by atoms with E-state index in [2.05, 4.69) is 15.2 Å². The summed E-state index contributed by atoms with van der Waals surface area (Å²) in [6.45, 7) is 5.62. The fourth-order valence-corrected chi connectivity index (χ4v) is 3.48. The number of aryl methyl sites for hydroxylation is 1. The minimum atomic E-state index is -0.705. The summed E-state index contributed by atoms with van der Waals surface area (Å²) in [6.07, 6.45) is 0.0184. The van der Waals surface area contributed by atoms with E-state index in [0.717, 1.165) is 39.9 Å². The minimum absolute atomic E-state index is 0.228. The van der Waals surface area contributed by atoms with Crippen molar-refractivity contribution in [2.75, 3.05) is 7.11 Å². The van der Waals surface area contributed by atoms with E-state index in [-0.39, 0.29) is 5.89 Å². The van der Waals surface area contributed by atoms with E-state index < -0.39 is 12.1 Å². The van der Waals surface area contributed by atoms with E-state index in [0.29, 0.717) is 11.5 Å². The van der Waals surface area contributed by atoms with Gasteiger partial charge in [-0.2, -0.15) is 0 Å². The molecule has 4 rings (SSSR count). The molecular formula is C24H23N3O4. The van der Waals surface area contributed by atoms with Gasteiger partial charge < -0.3 is 13.9 Å². The predicted molar refractivity (Wildman–Crippen MR) is 116 cm³/mol. The Morgan fingerprint density at radius 3 is 2.55 bits per heavy atom. The number of esters is 1. The third-order valence-corrected chi connectivity index (χ3v) is 5.18. The Morgan fingerprint density at radius 1 is 1.10 bits per heavy atom. The molecule has 4 aromatic rings. The highest BCUT2D eigenvalue weighted by atomic mass is 16.6. The van der Waals surface area contributed by atoms with E-state index in [4.69, 9.17) is 13.9 Å². The lowest BCUT2D eigenvalue weighted by Gasteiger charge is -2.15. The predicted octanol–water partition coefficient (Wildman–Crippen LogP) is 5.08. The normalized spacial score (nSPS) is 12.0. The van der Waals surface area contributed by atoms with Gasteiger partial charge in [0.15, 0.2) is 6.10 Å². The van der Waals surface area contributed by atoms with Gasteiger partial charge in [-0.25, -0.2) is 4.79 Å². The molecule has 2 aromatic heterocycles. The largest absolute Gasteiger partial charge is 0.497 e. The maximum atomic E-state index is 13.1. The molecule has 2 aromatic carbocycles. The number of hydrogen-bond donors (Lipinski definition) is 0. The highest BCUT2D eigenvalue weighted by Crippen LogP contribution is 2.28. The standard InChI is InChI=1S/C24H23N3O4/c1-5-19-14(2)21(18-8-6-7-9-20(18)25-19)24(28)30-15(3)22-26-27-23(31-22)16-10-12-17(29-4)13-11-16/h6-13,15H,5H2,1-4H3/t15-/m0/s1. The van der Waals surface area contributed by atoms with Gasteiger partial charge in [-0.1, -0.05) is 25.1 Å². The first-order valence-corrected chi connectivity index (χ1v) is 10.1. The van der Waals surface area contributed by atoms with Crippen LogP contribution in [0, 0.1) is 6.92 Å². The average Bonchev–Trinajstić information content (AvgIpc) is 3.29. The number of aromatic nitrogens is 3. The van der Waals surface area contributed by atoms with Crippen LogP contribution in [0.3, 0.4) is 0 Å². The average molecular weight is 417 g/mol. The van der Waals surface area contributed by atoms with Crippen LogP contribution in [-0.2, 0) is 11.2 Å². The molecule has 1 atom stereocenters. The maximum absolute atomic E-state index is 13.1. The summed E-state index contributed by atoms with van der Waals surface area (Å²) in [5.74, 6) is 0.866. The number of carbonyl (C=O) groups excluding carboxylic acids is 1. The second-order valence-electron chi connectivity index (χ2n) is 7.15. The Morgan fingerprint density at radius 2 is 1.84 bits per heavy atom. The number of fused-ring (bicyclic) bond motifs is 1. The lowest BCUT2D eigenvalue weighted by molar-refractivity contribution is 0.0281. The number of carbonyl (C=O) groups is 1. The van der Waals surface area contributed by atoms with E-state index in [1.807, 2.05) is 62.4 Å². The monoisotopic (exact) mass is 417 g/mol. The highest BCUT2D eigenvalue weighted by Gasteiger charge is 2.24. The first-order chi connectivity index (χ1) is 15.0. The Kier molecular flexibility index (Phi) is 5.66. The topological polar surface area (TPSA) is 87.3 Å². The second kappa shape index (κ2) is 8.55. The van der Waals surface area contributed by atoms with E-state index in [1.54, 1.807) is 14.0 Å². The summed E-state index contributed by atoms with van der Waals surface area (Å²) in [7, 11) is 1.60. The Labute approximate surface area is 180 Å². The molecule has 0 unspecified atom stereocenters. The lowest BCUT2D eigenvalue weighted by atomic mass is 10.0. The van der Waals surface area contributed by atoms with Crippen LogP contribution < -0.4 is 4.74 Å². The molecule has 2 heterocycles. The summed E-state index contributed by atoms with van der Waals surface area (Å²) in [4.78, 5) is 17.8. The van der Waals surface area contributed by atoms with Crippen LogP contribution in [0.4, 0.5) is 0 Å². The highest BCUT2D eigenvalue weighted by molar-refractivity contribution is 6.05. The van der Waals surface area contributed by atoms with Gasteiger partial charge in [-0.15, -0.1) is 10.2 Å². The Balaban J connectivity index is 1.60. The van der Waals surface area contributed by atoms with E-state index in [1.165, 1.54) is 0 Å². The van der Waals surface area contributed by atoms with Crippen molar-refractivity contribution in [2.24, 2.45) is 0 Å². The van der Waals surface area contributed by atoms with E-state index >= 15 is 0 Å². The Hall–Kier alpha value is -3.74. The zero-order valence-electron chi connectivity index (χ0n) is 17.9. The summed E-state index contributed by atoms with van der Waals surface area (Å²) in [6, 6.07) is 14.8. The van der Waals surface area contributed by atoms with Gasteiger partial charge in [0.25, 0.3) is 5.89 Å². The number of benzene rings is 2. The molecular weight excluding hydrogens is 394 g/mol. The van der Waals surface area contributed by atoms with Crippen molar-refractivity contribution in [3.63, 3.8) is 0 Å². The summed E-state index contributed by atoms with van der Waals surface area (Å²) < 4.78 is 16.6. The van der Waals surface area contributed by atoms with Gasteiger partial charge >= 0.3 is 5.97 Å². The van der Waals surface area contributed by atoms with Crippen LogP contribution in [0.15, 0.2) is 52.9 Å². The lowest BCUT2D eigenvalue weighted by Crippen LogP contribution is -2.13. The zero-order chi connectivity index (χ0) is 22.0. The van der Waals surface area contributed by atoms with Gasteiger partial charge in [0, 0.05) is 16.6 Å². The number of para-hydroxylation sites is 1. The molecule has 0 saturated heterocycles. The molecule has 0 saturated carbocycles. The first kappa shape index (κ1) is 20.5. The molecule has 0 aliphatic carbocycles. The number of hydrogen-bond acceptors (Lipinski definition) is 7. The fourth-order valence-electron chi connectivity index (χ4n) is 3.48. The molecule has 0 N–H and O–H groups in total. The number of ether oxygens (including phenoxy) is 2. The Bertz CT molecular complexity index is 1230. The summed E-state index contributed by atoms with van der Waals surface area (Å²) in [5.41, 5.74) is 3.73. The molecule has 158 valence electrons. The molecule has 0 spiro atoms. The van der Waals surface area contributed by atoms with Crippen LogP contribution in [0.5, 0.6) is 5.75 Å². The molecule has 0 bridgehead atoms. The molecule has 31 heavy (non-hydrogen) atoms. The molecule has 0 aliphatic heterocycles. The number of pyridine rings is 1. The van der Waals surface area contributed by atoms with Gasteiger partial charge in [0.2, 0.25) is 5.89 Å². The molecule has 0 aliphatic rings. The van der Waals surface area contributed by atoms with Crippen LogP contribution in [0.2, 0.25) is 0 Å². The molecule has 7 nitrogen and oxygen atoms in total. The van der Waals surface area contributed by atoms with Crippen molar-refractivity contribution in [1.82, 2.24) is 15.2 Å². The third kappa shape index (κ3) is 3.99. The number of nitrogens with zero attached hydrogens (tertiary/aromatic N) is 3. The third-order valence-electron chi connectivity index (χ3n) is 5.18. The van der Waals surface area contributed by atoms with Crippen molar-refractivity contribution in [1.29, 1.82) is 0 Å². The second-order valence-corrected chi connectivity index (χ2v) is 7.15. The summed E-state index contributed by atoms with van der Waals surface area (Å²) >= 11 is 0. The quantitative estimate of drug-likeness (QED) is 0.404. The number of rotatable bonds is 6. The summed E-state index contributed by atoms with van der Waals surface area (Å²) in [5, 5.41) is 8.90. The maximum Gasteiger partial charge on any atom is 0.339 e. The SMILES string of the molecule is CCc1nc2ccccc2c(C(=O)O[C@@H](C)c2nnc(-c3ccc(OC)cc3)o2)c1C. The smallest absolute Gasteiger partial charge is 0.339 e. The van der Waals surface area contributed by atoms with Gasteiger partial charge in [-0.3, -0.25) is 4.98 Å². The fraction of sp³-hybridized carbons (Fsp3) is 0.250. The first-order valence-electron chi connectivity index (χ1n) is 10.1. The van der Waals surface area contributed by atoms with Crippen LogP contribution >= 0.6 is 0 Å². The zero-order valence-corrected chi connectivity index (χ0v) is 17.9. The molecule has 0 radical (unpaired) electrons. The minimum Gasteiger partial charge on any atom is -0.497 e. The van der Waals surface area contributed by atoms with Crippen molar-refractivity contribution < 1.29 is 18.7 Å². The van der Waals surface area contributed by atoms with Crippen molar-refractivity contribution in [3.05, 3.63) is 71.2 Å². The molecule has 0 fully saturated rings. The van der Waals surface area contributed by atoms with Crippen molar-refractivity contribution in [3.8, 4) is 17.2 Å². The van der Waals surface area contributed by atoms with Crippen molar-refractivity contribution >= 4 is 16.9 Å². The van der Waals surface area contributed by atoms with Crippen molar-refractivity contribution in [2.45, 2.75) is 33.3 Å². The van der Waals surface area contributed by atoms with Crippen LogP contribution in [0.25, 0.3) is 22.4 Å². The van der Waals surface area contributed by atoms with Gasteiger partial charge in [0.05, 0.1) is 18.2 Å². The van der Waals surface area contributed by atoms with E-state index in [9.17, 15) is 4.79 Å². The van der Waals surface area contributed by atoms with Gasteiger partial charge in [-0.05, 0) is 56.2 Å².